The quantitative estimate of drug-likeness (QED) is 0.927. The number of rotatable bonds is 4. The minimum absolute atomic E-state index is 0.167. The van der Waals surface area contributed by atoms with Crippen LogP contribution in [0.2, 0.25) is 0 Å². The lowest BCUT2D eigenvalue weighted by Gasteiger charge is -2.19. The molecule has 0 radical (unpaired) electrons. The molecule has 0 unspecified atom stereocenters. The average Bonchev–Trinajstić information content (AvgIpc) is 2.38. The lowest BCUT2D eigenvalue weighted by molar-refractivity contribution is 0.0696. The summed E-state index contributed by atoms with van der Waals surface area (Å²) in [7, 11) is 1.69. The van der Waals surface area contributed by atoms with Crippen LogP contribution < -0.4 is 4.90 Å². The van der Waals surface area contributed by atoms with Crippen molar-refractivity contribution < 1.29 is 14.3 Å². The smallest absolute Gasteiger partial charge is 0.339 e. The number of hydrogen-bond donors (Lipinski definition) is 1. The van der Waals surface area contributed by atoms with Gasteiger partial charge >= 0.3 is 5.97 Å². The summed E-state index contributed by atoms with van der Waals surface area (Å²) in [5, 5.41) is 9.10. The summed E-state index contributed by atoms with van der Waals surface area (Å²) >= 11 is 0. The Bertz CT molecular complexity index is 646. The van der Waals surface area contributed by atoms with Crippen LogP contribution in [0.15, 0.2) is 30.5 Å². The fourth-order valence-corrected chi connectivity index (χ4v) is 1.90. The third-order valence-electron chi connectivity index (χ3n) is 2.77. The first-order chi connectivity index (χ1) is 9.47. The van der Waals surface area contributed by atoms with Crippen LogP contribution in [0.3, 0.4) is 0 Å². The first-order valence-corrected chi connectivity index (χ1v) is 6.00. The van der Waals surface area contributed by atoms with E-state index in [-0.39, 0.29) is 11.4 Å². The van der Waals surface area contributed by atoms with Gasteiger partial charge in [-0.2, -0.15) is 0 Å². The van der Waals surface area contributed by atoms with Crippen molar-refractivity contribution in [3.8, 4) is 0 Å². The molecule has 104 valence electrons. The monoisotopic (exact) mass is 275 g/mol. The zero-order chi connectivity index (χ0) is 14.7. The molecule has 0 fully saturated rings. The number of halogens is 1. The molecule has 2 heterocycles. The summed E-state index contributed by atoms with van der Waals surface area (Å²) < 4.78 is 13.1. The minimum Gasteiger partial charge on any atom is -0.478 e. The number of aromatic carboxylic acids is 1. The Balaban J connectivity index is 2.29. The minimum atomic E-state index is -1.21. The SMILES string of the molecule is Cc1cccc(CN(C)c2ncc(F)cc2C(=O)O)n1. The van der Waals surface area contributed by atoms with Crippen molar-refractivity contribution in [1.29, 1.82) is 0 Å². The molecule has 0 aromatic carbocycles. The Kier molecular flexibility index (Phi) is 3.93. The molecule has 5 nitrogen and oxygen atoms in total. The van der Waals surface area contributed by atoms with E-state index in [0.717, 1.165) is 23.7 Å². The number of aryl methyl sites for hydroxylation is 1. The van der Waals surface area contributed by atoms with Gasteiger partial charge in [-0.3, -0.25) is 4.98 Å². The van der Waals surface area contributed by atoms with Gasteiger partial charge in [0, 0.05) is 12.7 Å². The molecule has 0 saturated heterocycles. The van der Waals surface area contributed by atoms with Gasteiger partial charge in [0.15, 0.2) is 0 Å². The maximum atomic E-state index is 13.1. The second-order valence-electron chi connectivity index (χ2n) is 4.46. The van der Waals surface area contributed by atoms with Crippen molar-refractivity contribution in [2.75, 3.05) is 11.9 Å². The van der Waals surface area contributed by atoms with Crippen molar-refractivity contribution in [3.63, 3.8) is 0 Å². The van der Waals surface area contributed by atoms with E-state index in [4.69, 9.17) is 5.11 Å². The highest BCUT2D eigenvalue weighted by Gasteiger charge is 2.16. The Morgan fingerprint density at radius 2 is 2.20 bits per heavy atom. The molecule has 0 aliphatic carbocycles. The third kappa shape index (κ3) is 3.09. The summed E-state index contributed by atoms with van der Waals surface area (Å²) in [6.45, 7) is 2.27. The summed E-state index contributed by atoms with van der Waals surface area (Å²) in [6, 6.07) is 6.56. The lowest BCUT2D eigenvalue weighted by Crippen LogP contribution is -2.21. The number of carboxylic acid groups (broad SMARTS) is 1. The van der Waals surface area contributed by atoms with E-state index in [1.807, 2.05) is 25.1 Å². The number of pyridine rings is 2. The predicted octanol–water partition coefficient (Wildman–Crippen LogP) is 2.26. The van der Waals surface area contributed by atoms with Crippen molar-refractivity contribution in [2.45, 2.75) is 13.5 Å². The highest BCUT2D eigenvalue weighted by molar-refractivity contribution is 5.93. The Hall–Kier alpha value is -2.50. The van der Waals surface area contributed by atoms with Gasteiger partial charge in [0.2, 0.25) is 0 Å². The molecular formula is C14H14FN3O2. The van der Waals surface area contributed by atoms with E-state index in [1.54, 1.807) is 11.9 Å². The van der Waals surface area contributed by atoms with Crippen molar-refractivity contribution in [3.05, 3.63) is 53.2 Å². The third-order valence-corrected chi connectivity index (χ3v) is 2.77. The first kappa shape index (κ1) is 13.9. The Morgan fingerprint density at radius 3 is 2.85 bits per heavy atom. The van der Waals surface area contributed by atoms with Gasteiger partial charge in [0.25, 0.3) is 0 Å². The number of nitrogens with zero attached hydrogens (tertiary/aromatic N) is 3. The molecule has 0 atom stereocenters. The zero-order valence-corrected chi connectivity index (χ0v) is 11.2. The summed E-state index contributed by atoms with van der Waals surface area (Å²) in [5.41, 5.74) is 1.50. The first-order valence-electron chi connectivity index (χ1n) is 6.00. The van der Waals surface area contributed by atoms with Gasteiger partial charge < -0.3 is 10.0 Å². The molecule has 2 aromatic heterocycles. The molecule has 6 heteroatoms. The largest absolute Gasteiger partial charge is 0.478 e. The predicted molar refractivity (Wildman–Crippen MR) is 72.2 cm³/mol. The van der Waals surface area contributed by atoms with E-state index >= 15 is 0 Å². The molecule has 0 bridgehead atoms. The van der Waals surface area contributed by atoms with E-state index < -0.39 is 11.8 Å². The maximum Gasteiger partial charge on any atom is 0.339 e. The van der Waals surface area contributed by atoms with Gasteiger partial charge in [-0.1, -0.05) is 6.07 Å². The van der Waals surface area contributed by atoms with Crippen LogP contribution in [0.4, 0.5) is 10.2 Å². The lowest BCUT2D eigenvalue weighted by atomic mass is 10.2. The van der Waals surface area contributed by atoms with Crippen molar-refractivity contribution >= 4 is 11.8 Å². The molecule has 0 spiro atoms. The van der Waals surface area contributed by atoms with Crippen LogP contribution in [-0.2, 0) is 6.54 Å². The van der Waals surface area contributed by atoms with E-state index in [1.165, 1.54) is 0 Å². The van der Waals surface area contributed by atoms with Crippen molar-refractivity contribution in [1.82, 2.24) is 9.97 Å². The van der Waals surface area contributed by atoms with Gasteiger partial charge in [-0.15, -0.1) is 0 Å². The van der Waals surface area contributed by atoms with Crippen molar-refractivity contribution in [2.24, 2.45) is 0 Å². The topological polar surface area (TPSA) is 66.3 Å². The standard InChI is InChI=1S/C14H14FN3O2/c1-9-4-3-5-11(17-9)8-18(2)13-12(14(19)20)6-10(15)7-16-13/h3-7H,8H2,1-2H3,(H,19,20). The summed E-state index contributed by atoms with van der Waals surface area (Å²) in [4.78, 5) is 21.0. The van der Waals surface area contributed by atoms with Crippen LogP contribution in [0.25, 0.3) is 0 Å². The normalized spacial score (nSPS) is 10.3. The zero-order valence-electron chi connectivity index (χ0n) is 11.2. The summed E-state index contributed by atoms with van der Waals surface area (Å²) in [6.07, 6.45) is 1.00. The number of aromatic nitrogens is 2. The molecule has 0 amide bonds. The molecule has 20 heavy (non-hydrogen) atoms. The molecule has 1 N–H and O–H groups in total. The fraction of sp³-hybridized carbons (Fsp3) is 0.214. The van der Waals surface area contributed by atoms with E-state index in [9.17, 15) is 9.18 Å². The van der Waals surface area contributed by atoms with Crippen LogP contribution in [0.5, 0.6) is 0 Å². The second-order valence-corrected chi connectivity index (χ2v) is 4.46. The molecular weight excluding hydrogens is 261 g/mol. The van der Waals surface area contributed by atoms with Gasteiger partial charge in [-0.25, -0.2) is 14.2 Å². The molecule has 2 aromatic rings. The van der Waals surface area contributed by atoms with Crippen LogP contribution in [0, 0.1) is 12.7 Å². The number of carboxylic acids is 1. The number of hydrogen-bond acceptors (Lipinski definition) is 4. The average molecular weight is 275 g/mol. The highest BCUT2D eigenvalue weighted by atomic mass is 19.1. The van der Waals surface area contributed by atoms with Crippen LogP contribution in [-0.4, -0.2) is 28.1 Å². The Labute approximate surface area is 115 Å². The molecule has 2 rings (SSSR count). The second kappa shape index (κ2) is 5.64. The maximum absolute atomic E-state index is 13.1. The highest BCUT2D eigenvalue weighted by Crippen LogP contribution is 2.19. The van der Waals surface area contributed by atoms with Gasteiger partial charge in [-0.05, 0) is 25.1 Å². The fourth-order valence-electron chi connectivity index (χ4n) is 1.90. The van der Waals surface area contributed by atoms with Gasteiger partial charge in [0.05, 0.1) is 18.4 Å². The van der Waals surface area contributed by atoms with E-state index in [2.05, 4.69) is 9.97 Å². The number of anilines is 1. The van der Waals surface area contributed by atoms with Crippen LogP contribution in [0.1, 0.15) is 21.7 Å². The van der Waals surface area contributed by atoms with Gasteiger partial charge in [0.1, 0.15) is 17.2 Å². The molecule has 0 saturated carbocycles. The van der Waals surface area contributed by atoms with E-state index in [0.29, 0.717) is 6.54 Å². The van der Waals surface area contributed by atoms with Crippen LogP contribution >= 0.6 is 0 Å². The number of carbonyl (C=O) groups is 1. The molecule has 0 aliphatic heterocycles. The Morgan fingerprint density at radius 1 is 1.45 bits per heavy atom. The summed E-state index contributed by atoms with van der Waals surface area (Å²) in [5.74, 6) is -1.67. The molecule has 0 aliphatic rings.